The van der Waals surface area contributed by atoms with Gasteiger partial charge in [0.05, 0.1) is 5.69 Å². The van der Waals surface area contributed by atoms with Crippen molar-refractivity contribution in [2.45, 2.75) is 38.0 Å². The van der Waals surface area contributed by atoms with Gasteiger partial charge in [0.2, 0.25) is 0 Å². The number of anilines is 1. The summed E-state index contributed by atoms with van der Waals surface area (Å²) < 4.78 is 31.9. The van der Waals surface area contributed by atoms with Crippen molar-refractivity contribution < 1.29 is 13.0 Å². The van der Waals surface area contributed by atoms with Gasteiger partial charge in [-0.15, -0.1) is 0 Å². The van der Waals surface area contributed by atoms with Crippen molar-refractivity contribution in [1.29, 1.82) is 0 Å². The van der Waals surface area contributed by atoms with Gasteiger partial charge in [0.15, 0.2) is 0 Å². The molecule has 0 fully saturated rings. The van der Waals surface area contributed by atoms with Crippen LogP contribution >= 0.6 is 0 Å². The van der Waals surface area contributed by atoms with E-state index in [-0.39, 0.29) is 10.3 Å². The van der Waals surface area contributed by atoms with Gasteiger partial charge in [-0.05, 0) is 36.3 Å². The Morgan fingerprint density at radius 1 is 1.33 bits per heavy atom. The molecule has 5 heteroatoms. The van der Waals surface area contributed by atoms with Crippen LogP contribution in [-0.2, 0) is 16.5 Å². The van der Waals surface area contributed by atoms with Crippen molar-refractivity contribution in [3.63, 3.8) is 0 Å². The Balaban J connectivity index is 2.48. The lowest BCUT2D eigenvalue weighted by Crippen LogP contribution is -2.35. The van der Waals surface area contributed by atoms with Gasteiger partial charge in [0.1, 0.15) is 4.90 Å². The molecule has 1 aromatic rings. The second kappa shape index (κ2) is 4.55. The van der Waals surface area contributed by atoms with Gasteiger partial charge in [0.25, 0.3) is 10.1 Å². The fraction of sp³-hybridized carbons (Fsp3) is 0.538. The van der Waals surface area contributed by atoms with Crippen LogP contribution in [0.15, 0.2) is 23.1 Å². The first kappa shape index (κ1) is 13.4. The van der Waals surface area contributed by atoms with Gasteiger partial charge in [-0.3, -0.25) is 4.55 Å². The first-order valence-corrected chi connectivity index (χ1v) is 7.69. The van der Waals surface area contributed by atoms with Gasteiger partial charge < -0.3 is 5.32 Å². The molecule has 0 spiro atoms. The van der Waals surface area contributed by atoms with Gasteiger partial charge >= 0.3 is 0 Å². The van der Waals surface area contributed by atoms with Crippen LogP contribution in [0.25, 0.3) is 0 Å². The molecule has 0 unspecified atom stereocenters. The van der Waals surface area contributed by atoms with E-state index < -0.39 is 10.1 Å². The molecule has 2 N–H and O–H groups in total. The summed E-state index contributed by atoms with van der Waals surface area (Å²) in [6, 6.07) is 5.05. The Hall–Kier alpha value is -1.07. The van der Waals surface area contributed by atoms with Gasteiger partial charge in [0, 0.05) is 6.54 Å². The molecule has 0 saturated carbocycles. The number of rotatable bonds is 3. The second-order valence-electron chi connectivity index (χ2n) is 5.00. The summed E-state index contributed by atoms with van der Waals surface area (Å²) in [6.07, 6.45) is 2.95. The Kier molecular flexibility index (Phi) is 3.38. The van der Waals surface area contributed by atoms with Crippen molar-refractivity contribution in [1.82, 2.24) is 0 Å². The maximum atomic E-state index is 11.3. The van der Waals surface area contributed by atoms with E-state index in [9.17, 15) is 13.0 Å². The number of nitrogens with one attached hydrogen (secondary N) is 1. The van der Waals surface area contributed by atoms with Gasteiger partial charge in [-0.2, -0.15) is 8.42 Å². The minimum atomic E-state index is -4.16. The third-order valence-corrected chi connectivity index (χ3v) is 4.99. The summed E-state index contributed by atoms with van der Waals surface area (Å²) in [4.78, 5) is -0.0131. The van der Waals surface area contributed by atoms with Crippen molar-refractivity contribution in [3.05, 3.63) is 23.8 Å². The minimum absolute atomic E-state index is 0.0131. The fourth-order valence-electron chi connectivity index (χ4n) is 2.63. The summed E-state index contributed by atoms with van der Waals surface area (Å²) in [5.41, 5.74) is 1.72. The van der Waals surface area contributed by atoms with Crippen LogP contribution in [0, 0.1) is 5.41 Å². The van der Waals surface area contributed by atoms with Crippen LogP contribution in [0.4, 0.5) is 5.69 Å². The van der Waals surface area contributed by atoms with Gasteiger partial charge in [-0.25, -0.2) is 0 Å². The number of hydrogen-bond acceptors (Lipinski definition) is 3. The van der Waals surface area contributed by atoms with E-state index in [1.54, 1.807) is 6.07 Å². The number of benzene rings is 1. The summed E-state index contributed by atoms with van der Waals surface area (Å²) in [5, 5.41) is 3.19. The maximum absolute atomic E-state index is 11.3. The molecule has 18 heavy (non-hydrogen) atoms. The lowest BCUT2D eigenvalue weighted by molar-refractivity contribution is 0.272. The Morgan fingerprint density at radius 3 is 2.56 bits per heavy atom. The highest BCUT2D eigenvalue weighted by Gasteiger charge is 2.33. The third kappa shape index (κ3) is 2.24. The fourth-order valence-corrected chi connectivity index (χ4v) is 3.34. The molecular weight excluding hydrogens is 250 g/mol. The highest BCUT2D eigenvalue weighted by atomic mass is 32.2. The molecule has 2 rings (SSSR count). The zero-order valence-electron chi connectivity index (χ0n) is 10.7. The number of fused-ring (bicyclic) bond motifs is 1. The molecular formula is C13H19NO3S. The molecule has 1 aliphatic heterocycles. The highest BCUT2D eigenvalue weighted by Crippen LogP contribution is 2.40. The lowest BCUT2D eigenvalue weighted by atomic mass is 9.74. The number of para-hydroxylation sites is 1. The van der Waals surface area contributed by atoms with Crippen LogP contribution in [-0.4, -0.2) is 19.5 Å². The molecule has 0 atom stereocenters. The second-order valence-corrected chi connectivity index (χ2v) is 6.39. The first-order valence-electron chi connectivity index (χ1n) is 6.25. The van der Waals surface area contributed by atoms with E-state index >= 15 is 0 Å². The normalized spacial score (nSPS) is 17.9. The average Bonchev–Trinajstić information content (AvgIpc) is 2.36. The van der Waals surface area contributed by atoms with E-state index in [2.05, 4.69) is 19.2 Å². The molecule has 0 saturated heterocycles. The number of hydrogen-bond donors (Lipinski definition) is 2. The minimum Gasteiger partial charge on any atom is -0.383 e. The molecule has 1 aliphatic rings. The zero-order valence-corrected chi connectivity index (χ0v) is 11.5. The van der Waals surface area contributed by atoms with Crippen molar-refractivity contribution in [2.24, 2.45) is 5.41 Å². The third-order valence-electron chi connectivity index (χ3n) is 4.10. The van der Waals surface area contributed by atoms with E-state index in [1.807, 2.05) is 6.07 Å². The Labute approximate surface area is 108 Å². The average molecular weight is 269 g/mol. The van der Waals surface area contributed by atoms with Crippen LogP contribution < -0.4 is 5.32 Å². The molecule has 0 aromatic heterocycles. The summed E-state index contributed by atoms with van der Waals surface area (Å²) in [5.74, 6) is 0. The molecule has 0 amide bonds. The van der Waals surface area contributed by atoms with Crippen LogP contribution in [0.2, 0.25) is 0 Å². The van der Waals surface area contributed by atoms with Crippen molar-refractivity contribution in [3.8, 4) is 0 Å². The topological polar surface area (TPSA) is 66.4 Å². The van der Waals surface area contributed by atoms with Crippen molar-refractivity contribution >= 4 is 15.8 Å². The predicted molar refractivity (Wildman–Crippen MR) is 71.5 cm³/mol. The molecule has 0 radical (unpaired) electrons. The van der Waals surface area contributed by atoms with E-state index in [1.165, 1.54) is 6.07 Å². The molecule has 1 aromatic carbocycles. The monoisotopic (exact) mass is 269 g/mol. The predicted octanol–water partition coefficient (Wildman–Crippen LogP) is 2.71. The lowest BCUT2D eigenvalue weighted by Gasteiger charge is -2.38. The maximum Gasteiger partial charge on any atom is 0.296 e. The first-order chi connectivity index (χ1) is 8.42. The summed E-state index contributed by atoms with van der Waals surface area (Å²) in [7, 11) is -4.16. The van der Waals surface area contributed by atoms with Crippen LogP contribution in [0.1, 0.15) is 32.3 Å². The van der Waals surface area contributed by atoms with Gasteiger partial charge in [-0.1, -0.05) is 26.0 Å². The smallest absolute Gasteiger partial charge is 0.296 e. The largest absolute Gasteiger partial charge is 0.383 e. The standard InChI is InChI=1S/C13H19NO3S/c1-3-13(4-2)8-10-6-5-7-11(18(15,16)17)12(10)14-9-13/h5-7,14H,3-4,8-9H2,1-2H3,(H,15,16,17). The van der Waals surface area contributed by atoms with E-state index in [0.717, 1.165) is 31.4 Å². The molecule has 4 nitrogen and oxygen atoms in total. The Bertz CT molecular complexity index is 547. The zero-order chi connectivity index (χ0) is 13.4. The van der Waals surface area contributed by atoms with E-state index in [0.29, 0.717) is 5.69 Å². The van der Waals surface area contributed by atoms with Crippen LogP contribution in [0.5, 0.6) is 0 Å². The summed E-state index contributed by atoms with van der Waals surface area (Å²) in [6.45, 7) is 5.06. The Morgan fingerprint density at radius 2 is 2.00 bits per heavy atom. The molecule has 0 bridgehead atoms. The quantitative estimate of drug-likeness (QED) is 0.828. The van der Waals surface area contributed by atoms with Crippen molar-refractivity contribution in [2.75, 3.05) is 11.9 Å². The SMILES string of the molecule is CCC1(CC)CNc2c(cccc2S(=O)(=O)O)C1. The van der Waals surface area contributed by atoms with E-state index in [4.69, 9.17) is 0 Å². The molecule has 100 valence electrons. The molecule has 1 heterocycles. The summed E-state index contributed by atoms with van der Waals surface area (Å²) >= 11 is 0. The highest BCUT2D eigenvalue weighted by molar-refractivity contribution is 7.86. The molecule has 0 aliphatic carbocycles. The van der Waals surface area contributed by atoms with Crippen LogP contribution in [0.3, 0.4) is 0 Å².